The Hall–Kier alpha value is -3.85. The maximum Gasteiger partial charge on any atom is 0.260 e. The second-order valence-corrected chi connectivity index (χ2v) is 8.09. The van der Waals surface area contributed by atoms with Crippen molar-refractivity contribution in [2.75, 3.05) is 37.4 Å². The SMILES string of the molecule is COc1ccc2c(c1)/C(=C1/Nc3ccccc3/C1=N\OCC(=O)NC1CCNCC1)C(=O)N2. The molecular formula is C24H25N5O4. The Balaban J connectivity index is 1.43. The zero-order valence-corrected chi connectivity index (χ0v) is 18.2. The molecule has 0 aliphatic carbocycles. The van der Waals surface area contributed by atoms with Gasteiger partial charge in [0.1, 0.15) is 11.5 Å². The summed E-state index contributed by atoms with van der Waals surface area (Å²) in [5, 5.41) is 16.7. The highest BCUT2D eigenvalue weighted by atomic mass is 16.6. The molecule has 2 amide bonds. The number of carbonyl (C=O) groups is 2. The lowest BCUT2D eigenvalue weighted by Gasteiger charge is -2.23. The minimum absolute atomic E-state index is 0.148. The first kappa shape index (κ1) is 21.0. The summed E-state index contributed by atoms with van der Waals surface area (Å²) in [6, 6.07) is 13.1. The summed E-state index contributed by atoms with van der Waals surface area (Å²) in [6.45, 7) is 1.58. The van der Waals surface area contributed by atoms with Crippen LogP contribution in [0.2, 0.25) is 0 Å². The molecule has 0 atom stereocenters. The number of rotatable bonds is 5. The molecule has 0 unspecified atom stereocenters. The smallest absolute Gasteiger partial charge is 0.260 e. The van der Waals surface area contributed by atoms with Crippen LogP contribution in [0.15, 0.2) is 53.3 Å². The van der Waals surface area contributed by atoms with Gasteiger partial charge in [-0.25, -0.2) is 0 Å². The lowest BCUT2D eigenvalue weighted by molar-refractivity contribution is -0.126. The van der Waals surface area contributed by atoms with E-state index in [0.29, 0.717) is 34.0 Å². The number of piperidine rings is 1. The van der Waals surface area contributed by atoms with Crippen LogP contribution in [0.4, 0.5) is 11.4 Å². The van der Waals surface area contributed by atoms with Crippen molar-refractivity contribution in [2.24, 2.45) is 5.16 Å². The number of methoxy groups -OCH3 is 1. The van der Waals surface area contributed by atoms with Gasteiger partial charge in [-0.1, -0.05) is 23.4 Å². The van der Waals surface area contributed by atoms with E-state index in [0.717, 1.165) is 37.2 Å². The van der Waals surface area contributed by atoms with Crippen molar-refractivity contribution in [3.63, 3.8) is 0 Å². The highest BCUT2D eigenvalue weighted by Crippen LogP contribution is 2.40. The quantitative estimate of drug-likeness (QED) is 0.412. The van der Waals surface area contributed by atoms with Crippen molar-refractivity contribution in [3.05, 3.63) is 59.3 Å². The first-order valence-corrected chi connectivity index (χ1v) is 10.9. The molecule has 1 fully saturated rings. The number of para-hydroxylation sites is 1. The van der Waals surface area contributed by atoms with Crippen LogP contribution in [0.25, 0.3) is 5.57 Å². The summed E-state index contributed by atoms with van der Waals surface area (Å²) in [6.07, 6.45) is 1.79. The molecule has 0 radical (unpaired) electrons. The summed E-state index contributed by atoms with van der Waals surface area (Å²) >= 11 is 0. The first-order chi connectivity index (χ1) is 16.1. The van der Waals surface area contributed by atoms with Crippen molar-refractivity contribution in [1.29, 1.82) is 0 Å². The molecule has 0 bridgehead atoms. The summed E-state index contributed by atoms with van der Waals surface area (Å²) < 4.78 is 5.34. The van der Waals surface area contributed by atoms with E-state index in [4.69, 9.17) is 9.57 Å². The summed E-state index contributed by atoms with van der Waals surface area (Å²) in [4.78, 5) is 30.7. The molecule has 0 spiro atoms. The van der Waals surface area contributed by atoms with Gasteiger partial charge in [-0.05, 0) is 50.2 Å². The minimum Gasteiger partial charge on any atom is -0.497 e. The Bertz CT molecular complexity index is 1170. The fourth-order valence-corrected chi connectivity index (χ4v) is 4.32. The number of fused-ring (bicyclic) bond motifs is 2. The van der Waals surface area contributed by atoms with Crippen LogP contribution in [-0.2, 0) is 14.4 Å². The average molecular weight is 447 g/mol. The molecule has 9 heteroatoms. The van der Waals surface area contributed by atoms with Crippen LogP contribution in [-0.4, -0.2) is 50.4 Å². The van der Waals surface area contributed by atoms with Gasteiger partial charge in [0.15, 0.2) is 6.61 Å². The zero-order valence-electron chi connectivity index (χ0n) is 18.2. The van der Waals surface area contributed by atoms with Crippen LogP contribution >= 0.6 is 0 Å². The van der Waals surface area contributed by atoms with Gasteiger partial charge in [-0.15, -0.1) is 0 Å². The number of hydrogen-bond donors (Lipinski definition) is 4. The molecule has 0 saturated carbocycles. The number of anilines is 2. The molecule has 9 nitrogen and oxygen atoms in total. The molecule has 2 aromatic carbocycles. The Morgan fingerprint density at radius 3 is 2.70 bits per heavy atom. The number of benzene rings is 2. The zero-order chi connectivity index (χ0) is 22.8. The monoisotopic (exact) mass is 447 g/mol. The van der Waals surface area contributed by atoms with Crippen molar-refractivity contribution >= 4 is 34.5 Å². The van der Waals surface area contributed by atoms with Crippen LogP contribution < -0.4 is 26.0 Å². The number of carbonyl (C=O) groups excluding carboxylic acids is 2. The minimum atomic E-state index is -0.245. The topological polar surface area (TPSA) is 113 Å². The number of nitrogens with zero attached hydrogens (tertiary/aromatic N) is 1. The van der Waals surface area contributed by atoms with Gasteiger partial charge in [0.05, 0.1) is 18.4 Å². The third-order valence-electron chi connectivity index (χ3n) is 5.96. The Kier molecular flexibility index (Phi) is 5.70. The second-order valence-electron chi connectivity index (χ2n) is 8.09. The van der Waals surface area contributed by atoms with E-state index in [-0.39, 0.29) is 24.5 Å². The van der Waals surface area contributed by atoms with E-state index in [9.17, 15) is 9.59 Å². The van der Waals surface area contributed by atoms with E-state index < -0.39 is 0 Å². The summed E-state index contributed by atoms with van der Waals surface area (Å²) in [5.41, 5.74) is 4.46. The van der Waals surface area contributed by atoms with E-state index in [1.807, 2.05) is 30.3 Å². The number of nitrogens with one attached hydrogen (secondary N) is 4. The van der Waals surface area contributed by atoms with Gasteiger partial charge in [0, 0.05) is 28.5 Å². The van der Waals surface area contributed by atoms with Gasteiger partial charge < -0.3 is 30.8 Å². The number of hydrogen-bond acceptors (Lipinski definition) is 7. The van der Waals surface area contributed by atoms with Crippen molar-refractivity contribution in [2.45, 2.75) is 18.9 Å². The van der Waals surface area contributed by atoms with E-state index in [1.54, 1.807) is 19.2 Å². The van der Waals surface area contributed by atoms with Gasteiger partial charge in [-0.2, -0.15) is 0 Å². The molecular weight excluding hydrogens is 422 g/mol. The third kappa shape index (κ3) is 4.14. The molecule has 33 heavy (non-hydrogen) atoms. The highest BCUT2D eigenvalue weighted by molar-refractivity contribution is 6.39. The number of ether oxygens (including phenoxy) is 1. The number of allylic oxidation sites excluding steroid dienone is 1. The van der Waals surface area contributed by atoms with E-state index >= 15 is 0 Å². The molecule has 4 N–H and O–H groups in total. The predicted molar refractivity (Wildman–Crippen MR) is 125 cm³/mol. The standard InChI is InChI=1S/C24H25N5O4/c1-32-15-6-7-19-17(12-15)21(24(31)28-19)23-22(16-4-2-3-5-18(16)27-23)29-33-13-20(30)26-14-8-10-25-11-9-14/h2-7,12,14,25,27H,8-11,13H2,1H3,(H,26,30)(H,28,31)/b23-21-,29-22+. The highest BCUT2D eigenvalue weighted by Gasteiger charge is 2.34. The van der Waals surface area contributed by atoms with Crippen LogP contribution in [0.5, 0.6) is 5.75 Å². The largest absolute Gasteiger partial charge is 0.497 e. The molecule has 2 aromatic rings. The Morgan fingerprint density at radius 1 is 1.09 bits per heavy atom. The normalized spacial score (nSPS) is 20.6. The third-order valence-corrected chi connectivity index (χ3v) is 5.96. The molecule has 5 rings (SSSR count). The average Bonchev–Trinajstić information content (AvgIpc) is 3.35. The Morgan fingerprint density at radius 2 is 1.88 bits per heavy atom. The lowest BCUT2D eigenvalue weighted by atomic mass is 10.0. The number of amides is 2. The maximum absolute atomic E-state index is 12.9. The molecule has 3 aliphatic rings. The maximum atomic E-state index is 12.9. The fraction of sp³-hybridized carbons (Fsp3) is 0.292. The first-order valence-electron chi connectivity index (χ1n) is 10.9. The molecule has 3 aliphatic heterocycles. The molecule has 3 heterocycles. The van der Waals surface area contributed by atoms with Crippen LogP contribution in [0, 0.1) is 0 Å². The van der Waals surface area contributed by atoms with Gasteiger partial charge in [-0.3, -0.25) is 9.59 Å². The van der Waals surface area contributed by atoms with Crippen molar-refractivity contribution < 1.29 is 19.2 Å². The Labute approximate surface area is 191 Å². The second kappa shape index (κ2) is 8.95. The van der Waals surface area contributed by atoms with Gasteiger partial charge >= 0.3 is 0 Å². The van der Waals surface area contributed by atoms with Gasteiger partial charge in [0.2, 0.25) is 0 Å². The van der Waals surface area contributed by atoms with Crippen molar-refractivity contribution in [3.8, 4) is 5.75 Å². The predicted octanol–water partition coefficient (Wildman–Crippen LogP) is 2.07. The lowest BCUT2D eigenvalue weighted by Crippen LogP contribution is -2.43. The van der Waals surface area contributed by atoms with Crippen LogP contribution in [0.1, 0.15) is 24.0 Å². The van der Waals surface area contributed by atoms with Crippen LogP contribution in [0.3, 0.4) is 0 Å². The fourth-order valence-electron chi connectivity index (χ4n) is 4.32. The summed E-state index contributed by atoms with van der Waals surface area (Å²) in [7, 11) is 1.58. The van der Waals surface area contributed by atoms with E-state index in [2.05, 4.69) is 26.4 Å². The van der Waals surface area contributed by atoms with Gasteiger partial charge in [0.25, 0.3) is 11.8 Å². The molecule has 170 valence electrons. The molecule has 0 aromatic heterocycles. The van der Waals surface area contributed by atoms with Crippen molar-refractivity contribution in [1.82, 2.24) is 10.6 Å². The van der Waals surface area contributed by atoms with E-state index in [1.165, 1.54) is 0 Å². The molecule has 1 saturated heterocycles. The number of oxime groups is 1. The summed E-state index contributed by atoms with van der Waals surface area (Å²) in [5.74, 6) is 0.182.